The number of nitrogens with one attached hydrogen (secondary N) is 3. The molecular formula is C30H23FN4O4. The number of benzene rings is 3. The normalized spacial score (nSPS) is 11.7. The van der Waals surface area contributed by atoms with Crippen LogP contribution in [0.1, 0.15) is 17.0 Å². The quantitative estimate of drug-likeness (QED) is 0.236. The average molecular weight is 523 g/mol. The zero-order valence-electron chi connectivity index (χ0n) is 20.5. The fraction of sp³-hybridized carbons (Fsp3) is 0.0667. The zero-order valence-corrected chi connectivity index (χ0v) is 20.5. The lowest BCUT2D eigenvalue weighted by Crippen LogP contribution is -2.47. The molecule has 8 nitrogen and oxygen atoms in total. The molecule has 194 valence electrons. The van der Waals surface area contributed by atoms with Crippen molar-refractivity contribution in [1.29, 1.82) is 0 Å². The number of pyridine rings is 2. The van der Waals surface area contributed by atoms with Crippen molar-refractivity contribution in [2.45, 2.75) is 12.0 Å². The molecule has 2 aromatic heterocycles. The van der Waals surface area contributed by atoms with Gasteiger partial charge >= 0.3 is 6.09 Å². The van der Waals surface area contributed by atoms with Gasteiger partial charge in [0.05, 0.1) is 10.9 Å². The number of H-pyrrole nitrogens is 1. The highest BCUT2D eigenvalue weighted by atomic mass is 19.1. The Labute approximate surface area is 222 Å². The molecule has 5 rings (SSSR count). The fourth-order valence-corrected chi connectivity index (χ4v) is 4.65. The molecule has 3 aromatic carbocycles. The van der Waals surface area contributed by atoms with E-state index in [1.54, 1.807) is 12.1 Å². The van der Waals surface area contributed by atoms with Gasteiger partial charge in [-0.1, -0.05) is 60.7 Å². The van der Waals surface area contributed by atoms with Crippen LogP contribution in [0.25, 0.3) is 22.0 Å². The van der Waals surface area contributed by atoms with E-state index in [9.17, 15) is 19.5 Å². The molecule has 0 unspecified atom stereocenters. The standard InChI is InChI=1S/C30H23FN4O4/c31-24-16-20(13-14-21(24)23-17-33-28(36)22-12-7-15-32-26(22)23)34-29(37)27(35-30(38)39)25(18-8-3-1-4-9-18)19-10-5-2-6-11-19/h1-17,25,27,35H,(H,33,36)(H,34,37)(H,38,39)/t27-/m0/s1. The van der Waals surface area contributed by atoms with Gasteiger partial charge in [0.1, 0.15) is 11.9 Å². The largest absolute Gasteiger partial charge is 0.465 e. The van der Waals surface area contributed by atoms with E-state index >= 15 is 4.39 Å². The molecule has 0 spiro atoms. The highest BCUT2D eigenvalue weighted by Gasteiger charge is 2.32. The number of halogens is 1. The van der Waals surface area contributed by atoms with Crippen LogP contribution < -0.4 is 16.2 Å². The maximum absolute atomic E-state index is 15.3. The lowest BCUT2D eigenvalue weighted by atomic mass is 9.84. The minimum Gasteiger partial charge on any atom is -0.465 e. The van der Waals surface area contributed by atoms with E-state index in [0.717, 1.165) is 17.2 Å². The number of carbonyl (C=O) groups is 2. The van der Waals surface area contributed by atoms with Crippen LogP contribution in [0.4, 0.5) is 14.9 Å². The molecule has 0 radical (unpaired) electrons. The number of fused-ring (bicyclic) bond motifs is 1. The third-order valence-corrected chi connectivity index (χ3v) is 6.39. The Morgan fingerprint density at radius 2 is 1.54 bits per heavy atom. The van der Waals surface area contributed by atoms with Crippen LogP contribution in [0.15, 0.2) is 108 Å². The molecule has 0 bridgehead atoms. The number of nitrogens with zero attached hydrogens (tertiary/aromatic N) is 1. The van der Waals surface area contributed by atoms with E-state index in [-0.39, 0.29) is 16.8 Å². The highest BCUT2D eigenvalue weighted by Crippen LogP contribution is 2.31. The monoisotopic (exact) mass is 522 g/mol. The summed E-state index contributed by atoms with van der Waals surface area (Å²) in [5.41, 5.74) is 2.18. The second-order valence-corrected chi connectivity index (χ2v) is 8.84. The Morgan fingerprint density at radius 3 is 2.15 bits per heavy atom. The van der Waals surface area contributed by atoms with Crippen LogP contribution in [0.5, 0.6) is 0 Å². The molecule has 0 aliphatic heterocycles. The lowest BCUT2D eigenvalue weighted by molar-refractivity contribution is -0.118. The maximum atomic E-state index is 15.3. The van der Waals surface area contributed by atoms with E-state index in [4.69, 9.17) is 0 Å². The minimum absolute atomic E-state index is 0.139. The van der Waals surface area contributed by atoms with Gasteiger partial charge in [0.25, 0.3) is 5.56 Å². The number of hydrogen-bond acceptors (Lipinski definition) is 4. The SMILES string of the molecule is O=C(O)N[C@H](C(=O)Nc1ccc(-c2c[nH]c(=O)c3cccnc23)c(F)c1)C(c1ccccc1)c1ccccc1. The summed E-state index contributed by atoms with van der Waals surface area (Å²) >= 11 is 0. The lowest BCUT2D eigenvalue weighted by Gasteiger charge is -2.27. The van der Waals surface area contributed by atoms with Crippen molar-refractivity contribution < 1.29 is 19.1 Å². The van der Waals surface area contributed by atoms with Crippen molar-refractivity contribution in [3.05, 3.63) is 131 Å². The summed E-state index contributed by atoms with van der Waals surface area (Å²) in [6.45, 7) is 0. The molecule has 4 N–H and O–H groups in total. The van der Waals surface area contributed by atoms with Gasteiger partial charge < -0.3 is 20.7 Å². The number of hydrogen-bond donors (Lipinski definition) is 4. The van der Waals surface area contributed by atoms with Gasteiger partial charge in [-0.25, -0.2) is 9.18 Å². The fourth-order valence-electron chi connectivity index (χ4n) is 4.65. The van der Waals surface area contributed by atoms with Crippen LogP contribution in [-0.2, 0) is 4.79 Å². The molecule has 9 heteroatoms. The number of carboxylic acid groups (broad SMARTS) is 1. The van der Waals surface area contributed by atoms with Gasteiger partial charge in [-0.15, -0.1) is 0 Å². The van der Waals surface area contributed by atoms with Crippen LogP contribution in [0.2, 0.25) is 0 Å². The zero-order chi connectivity index (χ0) is 27.4. The van der Waals surface area contributed by atoms with Crippen molar-refractivity contribution in [2.24, 2.45) is 0 Å². The van der Waals surface area contributed by atoms with Crippen LogP contribution in [0.3, 0.4) is 0 Å². The van der Waals surface area contributed by atoms with Crippen molar-refractivity contribution in [3.63, 3.8) is 0 Å². The first-order valence-electron chi connectivity index (χ1n) is 12.1. The molecular weight excluding hydrogens is 499 g/mol. The summed E-state index contributed by atoms with van der Waals surface area (Å²) in [5, 5.41) is 14.9. The summed E-state index contributed by atoms with van der Waals surface area (Å²) in [7, 11) is 0. The van der Waals surface area contributed by atoms with Crippen molar-refractivity contribution in [2.75, 3.05) is 5.32 Å². The Hall–Kier alpha value is -5.31. The highest BCUT2D eigenvalue weighted by molar-refractivity contribution is 5.98. The topological polar surface area (TPSA) is 124 Å². The van der Waals surface area contributed by atoms with E-state index < -0.39 is 29.8 Å². The molecule has 0 saturated carbocycles. The Kier molecular flexibility index (Phi) is 7.13. The predicted molar refractivity (Wildman–Crippen MR) is 146 cm³/mol. The van der Waals surface area contributed by atoms with E-state index in [1.165, 1.54) is 24.5 Å². The Balaban J connectivity index is 1.49. The number of aromatic nitrogens is 2. The molecule has 0 saturated heterocycles. The third kappa shape index (κ3) is 5.37. The van der Waals surface area contributed by atoms with Gasteiger partial charge in [0.15, 0.2) is 0 Å². The molecule has 1 atom stereocenters. The van der Waals surface area contributed by atoms with Crippen LogP contribution >= 0.6 is 0 Å². The van der Waals surface area contributed by atoms with Crippen LogP contribution in [-0.4, -0.2) is 33.1 Å². The van der Waals surface area contributed by atoms with E-state index in [1.807, 2.05) is 60.7 Å². The number of carbonyl (C=O) groups excluding carboxylic acids is 1. The summed E-state index contributed by atoms with van der Waals surface area (Å²) in [6, 6.07) is 24.3. The minimum atomic E-state index is -1.37. The molecule has 0 aliphatic rings. The third-order valence-electron chi connectivity index (χ3n) is 6.39. The molecule has 0 fully saturated rings. The first-order valence-corrected chi connectivity index (χ1v) is 12.1. The first-order chi connectivity index (χ1) is 18.9. The summed E-state index contributed by atoms with van der Waals surface area (Å²) in [6.07, 6.45) is 1.54. The van der Waals surface area contributed by atoms with Gasteiger partial charge in [0.2, 0.25) is 5.91 Å². The van der Waals surface area contributed by atoms with Gasteiger partial charge in [0, 0.05) is 35.1 Å². The van der Waals surface area contributed by atoms with Gasteiger partial charge in [-0.3, -0.25) is 14.6 Å². The average Bonchev–Trinajstić information content (AvgIpc) is 2.94. The molecule has 39 heavy (non-hydrogen) atoms. The maximum Gasteiger partial charge on any atom is 0.405 e. The first kappa shape index (κ1) is 25.3. The molecule has 2 amide bonds. The van der Waals surface area contributed by atoms with Gasteiger partial charge in [-0.05, 0) is 41.5 Å². The van der Waals surface area contributed by atoms with Gasteiger partial charge in [-0.2, -0.15) is 0 Å². The Bertz CT molecular complexity index is 1670. The number of anilines is 1. The second kappa shape index (κ2) is 11.0. The Morgan fingerprint density at radius 1 is 0.872 bits per heavy atom. The summed E-state index contributed by atoms with van der Waals surface area (Å²) in [5.74, 6) is -1.96. The molecule has 0 aliphatic carbocycles. The molecule has 5 aromatic rings. The number of aromatic amines is 1. The number of amides is 2. The van der Waals surface area contributed by atoms with Crippen LogP contribution in [0, 0.1) is 5.82 Å². The van der Waals surface area contributed by atoms with Crippen molar-refractivity contribution in [3.8, 4) is 11.1 Å². The van der Waals surface area contributed by atoms with Crippen molar-refractivity contribution >= 4 is 28.6 Å². The summed E-state index contributed by atoms with van der Waals surface area (Å²) < 4.78 is 15.3. The van der Waals surface area contributed by atoms with E-state index in [2.05, 4.69) is 20.6 Å². The summed E-state index contributed by atoms with van der Waals surface area (Å²) in [4.78, 5) is 44.2. The molecule has 2 heterocycles. The smallest absolute Gasteiger partial charge is 0.405 e. The number of rotatable bonds is 7. The van der Waals surface area contributed by atoms with Crippen molar-refractivity contribution in [1.82, 2.24) is 15.3 Å². The van der Waals surface area contributed by atoms with E-state index in [0.29, 0.717) is 16.5 Å². The second-order valence-electron chi connectivity index (χ2n) is 8.84. The predicted octanol–water partition coefficient (Wildman–Crippen LogP) is 5.14.